The van der Waals surface area contributed by atoms with Crippen LogP contribution in [0.3, 0.4) is 0 Å². The molecule has 0 aliphatic heterocycles. The monoisotopic (exact) mass is 420 g/mol. The van der Waals surface area contributed by atoms with E-state index in [2.05, 4.69) is 4.98 Å². The number of carbonyl (C=O) groups is 1. The Balaban J connectivity index is 1.57. The van der Waals surface area contributed by atoms with Gasteiger partial charge in [0.05, 0.1) is 6.54 Å². The smallest absolute Gasteiger partial charge is 0.264 e. The van der Waals surface area contributed by atoms with Crippen LogP contribution in [0.25, 0.3) is 11.1 Å². The number of para-hydroxylation sites is 1. The minimum absolute atomic E-state index is 0.150. The number of halogens is 1. The van der Waals surface area contributed by atoms with E-state index in [1.807, 2.05) is 60.7 Å². The fourth-order valence-corrected chi connectivity index (χ4v) is 3.37. The molecular weight excluding hydrogens is 400 g/mol. The van der Waals surface area contributed by atoms with Crippen LogP contribution in [0.2, 0.25) is 5.02 Å². The van der Waals surface area contributed by atoms with Crippen LogP contribution in [-0.2, 0) is 17.9 Å². The number of hydrogen-bond acceptors (Lipinski definition) is 4. The van der Waals surface area contributed by atoms with Gasteiger partial charge in [-0.3, -0.25) is 4.79 Å². The highest BCUT2D eigenvalue weighted by Gasteiger charge is 2.24. The first-order valence-corrected chi connectivity index (χ1v) is 10.1. The van der Waals surface area contributed by atoms with E-state index in [9.17, 15) is 4.79 Å². The van der Waals surface area contributed by atoms with Gasteiger partial charge in [-0.25, -0.2) is 4.98 Å². The van der Waals surface area contributed by atoms with Gasteiger partial charge in [-0.2, -0.15) is 0 Å². The van der Waals surface area contributed by atoms with Crippen molar-refractivity contribution in [2.75, 3.05) is 0 Å². The fourth-order valence-electron chi connectivity index (χ4n) is 3.21. The van der Waals surface area contributed by atoms with Gasteiger partial charge in [0.15, 0.2) is 11.7 Å². The first kappa shape index (κ1) is 20.0. The third-order valence-electron chi connectivity index (χ3n) is 4.65. The number of aromatic nitrogens is 1. The molecule has 0 bridgehead atoms. The molecular formula is C24H21ClN2O3. The van der Waals surface area contributed by atoms with Crippen LogP contribution < -0.4 is 4.74 Å². The molecule has 1 aromatic heterocycles. The van der Waals surface area contributed by atoms with E-state index in [1.54, 1.807) is 30.0 Å². The van der Waals surface area contributed by atoms with E-state index >= 15 is 0 Å². The maximum absolute atomic E-state index is 13.2. The molecule has 1 atom stereocenters. The molecule has 152 valence electrons. The molecule has 0 N–H and O–H groups in total. The summed E-state index contributed by atoms with van der Waals surface area (Å²) in [5.41, 5.74) is 2.31. The number of carbonyl (C=O) groups excluding carboxylic acids is 1. The lowest BCUT2D eigenvalue weighted by Gasteiger charge is -2.25. The van der Waals surface area contributed by atoms with Crippen molar-refractivity contribution >= 4 is 28.6 Å². The summed E-state index contributed by atoms with van der Waals surface area (Å²) in [4.78, 5) is 19.4. The largest absolute Gasteiger partial charge is 0.481 e. The second-order valence-electron chi connectivity index (χ2n) is 6.97. The van der Waals surface area contributed by atoms with Gasteiger partial charge in [0, 0.05) is 11.6 Å². The van der Waals surface area contributed by atoms with Gasteiger partial charge in [0.25, 0.3) is 5.91 Å². The van der Waals surface area contributed by atoms with E-state index < -0.39 is 6.10 Å². The fraction of sp³-hybridized carbons (Fsp3) is 0.167. The second kappa shape index (κ2) is 9.01. The van der Waals surface area contributed by atoms with Gasteiger partial charge in [0.2, 0.25) is 5.89 Å². The van der Waals surface area contributed by atoms with Crippen LogP contribution in [0.1, 0.15) is 18.4 Å². The molecule has 0 aliphatic rings. The van der Waals surface area contributed by atoms with Crippen LogP contribution in [0.4, 0.5) is 0 Å². The van der Waals surface area contributed by atoms with Crippen molar-refractivity contribution in [3.8, 4) is 5.75 Å². The molecule has 1 unspecified atom stereocenters. The number of hydrogen-bond donors (Lipinski definition) is 0. The highest BCUT2D eigenvalue weighted by molar-refractivity contribution is 6.31. The van der Waals surface area contributed by atoms with Gasteiger partial charge in [-0.15, -0.1) is 0 Å². The number of nitrogens with zero attached hydrogens (tertiary/aromatic N) is 2. The zero-order valence-electron chi connectivity index (χ0n) is 16.5. The van der Waals surface area contributed by atoms with Gasteiger partial charge >= 0.3 is 0 Å². The Morgan fingerprint density at radius 1 is 1.03 bits per heavy atom. The number of benzene rings is 3. The number of ether oxygens (including phenoxy) is 1. The molecule has 4 aromatic rings. The summed E-state index contributed by atoms with van der Waals surface area (Å²) >= 11 is 6.05. The minimum Gasteiger partial charge on any atom is -0.481 e. The van der Waals surface area contributed by atoms with Crippen molar-refractivity contribution in [3.05, 3.63) is 95.3 Å². The molecule has 0 radical (unpaired) electrons. The Labute approximate surface area is 179 Å². The summed E-state index contributed by atoms with van der Waals surface area (Å²) in [6.45, 7) is 2.39. The molecule has 5 nitrogen and oxygen atoms in total. The van der Waals surface area contributed by atoms with Crippen molar-refractivity contribution in [1.82, 2.24) is 9.88 Å². The lowest BCUT2D eigenvalue weighted by molar-refractivity contribution is -0.139. The first-order chi connectivity index (χ1) is 14.6. The predicted molar refractivity (Wildman–Crippen MR) is 116 cm³/mol. The lowest BCUT2D eigenvalue weighted by Crippen LogP contribution is -2.39. The average Bonchev–Trinajstić information content (AvgIpc) is 3.15. The number of amides is 1. The van der Waals surface area contributed by atoms with Crippen molar-refractivity contribution in [2.24, 2.45) is 0 Å². The van der Waals surface area contributed by atoms with Gasteiger partial charge < -0.3 is 14.1 Å². The van der Waals surface area contributed by atoms with E-state index in [0.717, 1.165) is 5.56 Å². The number of oxazole rings is 1. The quantitative estimate of drug-likeness (QED) is 0.397. The molecule has 30 heavy (non-hydrogen) atoms. The van der Waals surface area contributed by atoms with E-state index in [1.165, 1.54) is 0 Å². The Kier molecular flexibility index (Phi) is 6.00. The SMILES string of the molecule is CC(Oc1ccccc1)C(=O)N(Cc1ccccc1)Cc1nc2cc(Cl)ccc2o1. The summed E-state index contributed by atoms with van der Waals surface area (Å²) in [5, 5.41) is 0.587. The standard InChI is InChI=1S/C24H21ClN2O3/c1-17(29-20-10-6-3-7-11-20)24(28)27(15-18-8-4-2-5-9-18)16-23-26-21-14-19(25)12-13-22(21)30-23/h2-14,17H,15-16H2,1H3. The summed E-state index contributed by atoms with van der Waals surface area (Å²) in [5.74, 6) is 0.945. The van der Waals surface area contributed by atoms with E-state index in [4.69, 9.17) is 20.8 Å². The molecule has 1 heterocycles. The summed E-state index contributed by atoms with van der Waals surface area (Å²) in [6, 6.07) is 24.4. The van der Waals surface area contributed by atoms with Gasteiger partial charge in [-0.05, 0) is 42.8 Å². The van der Waals surface area contributed by atoms with E-state index in [-0.39, 0.29) is 12.5 Å². The Bertz CT molecular complexity index is 1130. The molecule has 0 saturated carbocycles. The third-order valence-corrected chi connectivity index (χ3v) is 4.89. The number of rotatable bonds is 7. The Hall–Kier alpha value is -3.31. The van der Waals surface area contributed by atoms with Gasteiger partial charge in [0.1, 0.15) is 11.3 Å². The van der Waals surface area contributed by atoms with Gasteiger partial charge in [-0.1, -0.05) is 60.1 Å². The maximum Gasteiger partial charge on any atom is 0.264 e. The molecule has 0 spiro atoms. The van der Waals surface area contributed by atoms with Crippen molar-refractivity contribution in [2.45, 2.75) is 26.1 Å². The Morgan fingerprint density at radius 3 is 2.47 bits per heavy atom. The molecule has 0 fully saturated rings. The first-order valence-electron chi connectivity index (χ1n) is 9.68. The normalized spacial score (nSPS) is 11.9. The molecule has 4 rings (SSSR count). The predicted octanol–water partition coefficient (Wildman–Crippen LogP) is 5.48. The van der Waals surface area contributed by atoms with Crippen molar-refractivity contribution in [1.29, 1.82) is 0 Å². The highest BCUT2D eigenvalue weighted by atomic mass is 35.5. The van der Waals surface area contributed by atoms with Crippen LogP contribution >= 0.6 is 11.6 Å². The molecule has 3 aromatic carbocycles. The molecule has 1 amide bonds. The molecule has 0 aliphatic carbocycles. The zero-order valence-corrected chi connectivity index (χ0v) is 17.3. The summed E-state index contributed by atoms with van der Waals surface area (Å²) < 4.78 is 11.7. The van der Waals surface area contributed by atoms with Crippen molar-refractivity contribution in [3.63, 3.8) is 0 Å². The highest BCUT2D eigenvalue weighted by Crippen LogP contribution is 2.22. The lowest BCUT2D eigenvalue weighted by atomic mass is 10.2. The average molecular weight is 421 g/mol. The summed E-state index contributed by atoms with van der Waals surface area (Å²) in [6.07, 6.45) is -0.657. The molecule has 6 heteroatoms. The third kappa shape index (κ3) is 4.81. The van der Waals surface area contributed by atoms with Crippen molar-refractivity contribution < 1.29 is 13.9 Å². The second-order valence-corrected chi connectivity index (χ2v) is 7.41. The topological polar surface area (TPSA) is 55.6 Å². The zero-order chi connectivity index (χ0) is 20.9. The molecule has 0 saturated heterocycles. The van der Waals surface area contributed by atoms with Crippen LogP contribution in [-0.4, -0.2) is 21.9 Å². The van der Waals surface area contributed by atoms with E-state index in [0.29, 0.717) is 34.3 Å². The van der Waals surface area contributed by atoms with Crippen LogP contribution in [0.5, 0.6) is 5.75 Å². The maximum atomic E-state index is 13.2. The minimum atomic E-state index is -0.657. The number of fused-ring (bicyclic) bond motifs is 1. The Morgan fingerprint density at radius 2 is 1.73 bits per heavy atom. The van der Waals surface area contributed by atoms with Crippen LogP contribution in [0, 0.1) is 0 Å². The summed E-state index contributed by atoms with van der Waals surface area (Å²) in [7, 11) is 0. The van der Waals surface area contributed by atoms with Crippen LogP contribution in [0.15, 0.2) is 83.3 Å².